The predicted octanol–water partition coefficient (Wildman–Crippen LogP) is 2.95. The molecule has 0 aliphatic heterocycles. The average Bonchev–Trinajstić information content (AvgIpc) is 2.38. The molecule has 2 N–H and O–H groups in total. The highest BCUT2D eigenvalue weighted by Crippen LogP contribution is 2.16. The van der Waals surface area contributed by atoms with Gasteiger partial charge in [0, 0.05) is 18.3 Å². The van der Waals surface area contributed by atoms with E-state index in [1.165, 1.54) is 6.92 Å². The Kier molecular flexibility index (Phi) is 4.32. The highest BCUT2D eigenvalue weighted by Gasteiger charge is 2.08. The predicted molar refractivity (Wildman–Crippen MR) is 77.9 cm³/mol. The summed E-state index contributed by atoms with van der Waals surface area (Å²) < 4.78 is 0. The minimum Gasteiger partial charge on any atom is -0.326 e. The normalized spacial score (nSPS) is 9.90. The highest BCUT2D eigenvalue weighted by atomic mass is 35.5. The van der Waals surface area contributed by atoms with Crippen molar-refractivity contribution in [3.05, 3.63) is 53.3 Å². The Morgan fingerprint density at radius 2 is 1.70 bits per heavy atom. The molecule has 1 aromatic carbocycles. The van der Waals surface area contributed by atoms with E-state index in [0.717, 1.165) is 0 Å². The molecule has 0 atom stereocenters. The smallest absolute Gasteiger partial charge is 0.274 e. The Bertz CT molecular complexity index is 658. The number of carbonyl (C=O) groups is 2. The zero-order valence-electron chi connectivity index (χ0n) is 10.7. The molecule has 2 rings (SSSR count). The van der Waals surface area contributed by atoms with Crippen LogP contribution in [0.4, 0.5) is 11.4 Å². The van der Waals surface area contributed by atoms with E-state index in [4.69, 9.17) is 11.6 Å². The first-order chi connectivity index (χ1) is 9.54. The Labute approximate surface area is 121 Å². The van der Waals surface area contributed by atoms with Gasteiger partial charge in [0.2, 0.25) is 5.91 Å². The Hall–Kier alpha value is -2.40. The van der Waals surface area contributed by atoms with E-state index < -0.39 is 0 Å². The molecule has 1 aromatic heterocycles. The first-order valence-electron chi connectivity index (χ1n) is 5.86. The van der Waals surface area contributed by atoms with Crippen molar-refractivity contribution in [2.75, 3.05) is 10.6 Å². The van der Waals surface area contributed by atoms with Crippen LogP contribution in [0, 0.1) is 0 Å². The number of rotatable bonds is 3. The molecule has 2 amide bonds. The van der Waals surface area contributed by atoms with Gasteiger partial charge < -0.3 is 10.6 Å². The number of halogens is 1. The van der Waals surface area contributed by atoms with E-state index in [2.05, 4.69) is 15.6 Å². The summed E-state index contributed by atoms with van der Waals surface area (Å²) in [6, 6.07) is 11.6. The average molecular weight is 290 g/mol. The van der Waals surface area contributed by atoms with Crippen LogP contribution >= 0.6 is 11.6 Å². The zero-order valence-corrected chi connectivity index (χ0v) is 11.4. The summed E-state index contributed by atoms with van der Waals surface area (Å²) in [4.78, 5) is 26.9. The van der Waals surface area contributed by atoms with Crippen molar-refractivity contribution in [3.8, 4) is 0 Å². The molecule has 6 heteroatoms. The minimum absolute atomic E-state index is 0.176. The number of anilines is 2. The monoisotopic (exact) mass is 289 g/mol. The Balaban J connectivity index is 2.13. The molecule has 0 spiro atoms. The van der Waals surface area contributed by atoms with Gasteiger partial charge in [-0.1, -0.05) is 23.7 Å². The Morgan fingerprint density at radius 1 is 1.05 bits per heavy atom. The van der Waals surface area contributed by atoms with E-state index in [-0.39, 0.29) is 22.7 Å². The summed E-state index contributed by atoms with van der Waals surface area (Å²) in [5, 5.41) is 5.58. The fourth-order valence-electron chi connectivity index (χ4n) is 1.61. The highest BCUT2D eigenvalue weighted by molar-refractivity contribution is 6.29. The fourth-order valence-corrected chi connectivity index (χ4v) is 1.77. The SMILES string of the molecule is CC(=O)Nc1cccc(NC(=O)c2cccc(Cl)n2)c1. The Morgan fingerprint density at radius 3 is 2.35 bits per heavy atom. The number of benzene rings is 1. The van der Waals surface area contributed by atoms with Gasteiger partial charge >= 0.3 is 0 Å². The van der Waals surface area contributed by atoms with E-state index in [0.29, 0.717) is 11.4 Å². The topological polar surface area (TPSA) is 71.1 Å². The summed E-state index contributed by atoms with van der Waals surface area (Å²) in [5.41, 5.74) is 1.39. The maximum absolute atomic E-state index is 12.0. The molecule has 2 aromatic rings. The van der Waals surface area contributed by atoms with Crippen molar-refractivity contribution in [2.24, 2.45) is 0 Å². The number of carbonyl (C=O) groups excluding carboxylic acids is 2. The van der Waals surface area contributed by atoms with E-state index >= 15 is 0 Å². The summed E-state index contributed by atoms with van der Waals surface area (Å²) in [7, 11) is 0. The molecule has 0 aliphatic rings. The number of nitrogens with zero attached hydrogens (tertiary/aromatic N) is 1. The van der Waals surface area contributed by atoms with Crippen LogP contribution in [0.15, 0.2) is 42.5 Å². The molecular weight excluding hydrogens is 278 g/mol. The van der Waals surface area contributed by atoms with Gasteiger partial charge in [-0.25, -0.2) is 4.98 Å². The lowest BCUT2D eigenvalue weighted by atomic mass is 10.2. The zero-order chi connectivity index (χ0) is 14.5. The maximum Gasteiger partial charge on any atom is 0.274 e. The molecule has 0 saturated heterocycles. The molecule has 0 unspecified atom stereocenters. The van der Waals surface area contributed by atoms with Crippen molar-refractivity contribution in [2.45, 2.75) is 6.92 Å². The molecule has 102 valence electrons. The number of amides is 2. The van der Waals surface area contributed by atoms with Crippen LogP contribution < -0.4 is 10.6 Å². The number of nitrogens with one attached hydrogen (secondary N) is 2. The van der Waals surface area contributed by atoms with Gasteiger partial charge in [-0.2, -0.15) is 0 Å². The second-order valence-corrected chi connectivity index (χ2v) is 4.45. The van der Waals surface area contributed by atoms with E-state index in [1.807, 2.05) is 0 Å². The molecule has 5 nitrogen and oxygen atoms in total. The lowest BCUT2D eigenvalue weighted by Crippen LogP contribution is -2.14. The van der Waals surface area contributed by atoms with E-state index in [9.17, 15) is 9.59 Å². The summed E-state index contributed by atoms with van der Waals surface area (Å²) in [6.07, 6.45) is 0. The minimum atomic E-state index is -0.368. The van der Waals surface area contributed by atoms with Crippen LogP contribution in [-0.2, 0) is 4.79 Å². The van der Waals surface area contributed by atoms with Gasteiger partial charge in [0.15, 0.2) is 0 Å². The third-order valence-corrected chi connectivity index (χ3v) is 2.60. The van der Waals surface area contributed by atoms with Crippen LogP contribution in [0.25, 0.3) is 0 Å². The summed E-state index contributed by atoms with van der Waals surface area (Å²) in [5.74, 6) is -0.544. The quantitative estimate of drug-likeness (QED) is 0.853. The third-order valence-electron chi connectivity index (χ3n) is 2.39. The molecular formula is C14H12ClN3O2. The third kappa shape index (κ3) is 3.80. The molecule has 0 fully saturated rings. The fraction of sp³-hybridized carbons (Fsp3) is 0.0714. The van der Waals surface area contributed by atoms with Crippen molar-refractivity contribution in [1.82, 2.24) is 4.98 Å². The second kappa shape index (κ2) is 6.16. The molecule has 0 radical (unpaired) electrons. The lowest BCUT2D eigenvalue weighted by molar-refractivity contribution is -0.114. The van der Waals surface area contributed by atoms with Crippen molar-refractivity contribution in [3.63, 3.8) is 0 Å². The van der Waals surface area contributed by atoms with Crippen LogP contribution in [0.2, 0.25) is 5.15 Å². The van der Waals surface area contributed by atoms with E-state index in [1.54, 1.807) is 42.5 Å². The van der Waals surface area contributed by atoms with Crippen molar-refractivity contribution >= 4 is 34.8 Å². The molecule has 0 bridgehead atoms. The number of hydrogen-bond donors (Lipinski definition) is 2. The first-order valence-corrected chi connectivity index (χ1v) is 6.24. The van der Waals surface area contributed by atoms with Gasteiger partial charge in [-0.05, 0) is 30.3 Å². The number of aromatic nitrogens is 1. The van der Waals surface area contributed by atoms with Gasteiger partial charge in [0.1, 0.15) is 10.8 Å². The molecule has 0 aliphatic carbocycles. The first kappa shape index (κ1) is 14.0. The number of hydrogen-bond acceptors (Lipinski definition) is 3. The second-order valence-electron chi connectivity index (χ2n) is 4.06. The van der Waals surface area contributed by atoms with Crippen LogP contribution in [0.3, 0.4) is 0 Å². The van der Waals surface area contributed by atoms with Gasteiger partial charge in [0.25, 0.3) is 5.91 Å². The molecule has 20 heavy (non-hydrogen) atoms. The van der Waals surface area contributed by atoms with Crippen molar-refractivity contribution in [1.29, 1.82) is 0 Å². The standard InChI is InChI=1S/C14H12ClN3O2/c1-9(19)16-10-4-2-5-11(8-10)17-14(20)12-6-3-7-13(15)18-12/h2-8H,1H3,(H,16,19)(H,17,20). The van der Waals surface area contributed by atoms with Crippen LogP contribution in [0.1, 0.15) is 17.4 Å². The summed E-state index contributed by atoms with van der Waals surface area (Å²) in [6.45, 7) is 1.42. The summed E-state index contributed by atoms with van der Waals surface area (Å²) >= 11 is 5.74. The van der Waals surface area contributed by atoms with Gasteiger partial charge in [0.05, 0.1) is 0 Å². The van der Waals surface area contributed by atoms with Crippen LogP contribution in [0.5, 0.6) is 0 Å². The van der Waals surface area contributed by atoms with Crippen molar-refractivity contribution < 1.29 is 9.59 Å². The molecule has 0 saturated carbocycles. The lowest BCUT2D eigenvalue weighted by Gasteiger charge is -2.07. The van der Waals surface area contributed by atoms with Crippen LogP contribution in [-0.4, -0.2) is 16.8 Å². The van der Waals surface area contributed by atoms with Gasteiger partial charge in [-0.3, -0.25) is 9.59 Å². The molecule has 1 heterocycles. The maximum atomic E-state index is 12.0. The number of pyridine rings is 1. The largest absolute Gasteiger partial charge is 0.326 e. The van der Waals surface area contributed by atoms with Gasteiger partial charge in [-0.15, -0.1) is 0 Å².